The van der Waals surface area contributed by atoms with Crippen LogP contribution in [0.25, 0.3) is 22.3 Å². The molecule has 2 aromatic carbocycles. The van der Waals surface area contributed by atoms with E-state index in [-0.39, 0.29) is 22.2 Å². The van der Waals surface area contributed by atoms with Crippen LogP contribution in [0.5, 0.6) is 5.75 Å². The fourth-order valence-corrected chi connectivity index (χ4v) is 2.08. The summed E-state index contributed by atoms with van der Waals surface area (Å²) in [5, 5.41) is 9.92. The van der Waals surface area contributed by atoms with Crippen molar-refractivity contribution in [2.75, 3.05) is 0 Å². The lowest BCUT2D eigenvalue weighted by Gasteiger charge is -2.07. The number of fused-ring (bicyclic) bond motifs is 1. The average molecular weight is 275 g/mol. The van der Waals surface area contributed by atoms with Crippen LogP contribution in [0.3, 0.4) is 0 Å². The van der Waals surface area contributed by atoms with Crippen molar-refractivity contribution in [3.63, 3.8) is 0 Å². The molecule has 1 heterocycles. The van der Waals surface area contributed by atoms with E-state index in [0.717, 1.165) is 0 Å². The SMILES string of the molecule is Oc1ccc(F)cc1-c1nc2ccccc2nc1Cl. The number of benzene rings is 2. The summed E-state index contributed by atoms with van der Waals surface area (Å²) in [6.07, 6.45) is 0. The van der Waals surface area contributed by atoms with E-state index in [9.17, 15) is 9.50 Å². The molecule has 0 radical (unpaired) electrons. The van der Waals surface area contributed by atoms with Gasteiger partial charge in [-0.2, -0.15) is 0 Å². The monoisotopic (exact) mass is 274 g/mol. The summed E-state index contributed by atoms with van der Waals surface area (Å²) in [7, 11) is 0. The van der Waals surface area contributed by atoms with Crippen molar-refractivity contribution in [2.24, 2.45) is 0 Å². The number of hydrogen-bond donors (Lipinski definition) is 1. The maximum absolute atomic E-state index is 13.3. The molecule has 0 aliphatic rings. The Balaban J connectivity index is 2.30. The molecule has 1 aromatic heterocycles. The van der Waals surface area contributed by atoms with Crippen molar-refractivity contribution < 1.29 is 9.50 Å². The van der Waals surface area contributed by atoms with Crippen LogP contribution >= 0.6 is 11.6 Å². The van der Waals surface area contributed by atoms with Crippen molar-refractivity contribution in [3.8, 4) is 17.0 Å². The Hall–Kier alpha value is -2.20. The minimum atomic E-state index is -0.473. The van der Waals surface area contributed by atoms with Gasteiger partial charge in [-0.25, -0.2) is 14.4 Å². The lowest BCUT2D eigenvalue weighted by molar-refractivity contribution is 0.475. The Morgan fingerprint density at radius 2 is 1.68 bits per heavy atom. The average Bonchev–Trinajstić information content (AvgIpc) is 2.41. The minimum absolute atomic E-state index is 0.0899. The third-order valence-electron chi connectivity index (χ3n) is 2.74. The van der Waals surface area contributed by atoms with Gasteiger partial charge in [0.25, 0.3) is 0 Å². The normalized spacial score (nSPS) is 10.8. The second-order valence-electron chi connectivity index (χ2n) is 4.01. The lowest BCUT2D eigenvalue weighted by Crippen LogP contribution is -1.92. The molecule has 94 valence electrons. The van der Waals surface area contributed by atoms with Crippen molar-refractivity contribution in [3.05, 3.63) is 53.4 Å². The minimum Gasteiger partial charge on any atom is -0.507 e. The molecule has 3 aromatic rings. The fourth-order valence-electron chi connectivity index (χ4n) is 1.85. The number of aromatic hydroxyl groups is 1. The molecule has 0 amide bonds. The van der Waals surface area contributed by atoms with Crippen LogP contribution < -0.4 is 0 Å². The standard InChI is InChI=1S/C14H8ClFN2O/c15-14-13(9-7-8(16)5-6-12(9)19)17-10-3-1-2-4-11(10)18-14/h1-7,19H. The summed E-state index contributed by atoms with van der Waals surface area (Å²) < 4.78 is 13.3. The molecule has 0 atom stereocenters. The second-order valence-corrected chi connectivity index (χ2v) is 4.37. The van der Waals surface area contributed by atoms with Crippen LogP contribution in [-0.4, -0.2) is 15.1 Å². The summed E-state index contributed by atoms with van der Waals surface area (Å²) in [5.41, 5.74) is 1.76. The zero-order valence-corrected chi connectivity index (χ0v) is 10.4. The predicted octanol–water partition coefficient (Wildman–Crippen LogP) is 3.79. The Labute approximate surface area is 113 Å². The number of aromatic nitrogens is 2. The number of rotatable bonds is 1. The Bertz CT molecular complexity index is 776. The Morgan fingerprint density at radius 1 is 1.00 bits per heavy atom. The topological polar surface area (TPSA) is 46.0 Å². The van der Waals surface area contributed by atoms with E-state index in [1.54, 1.807) is 12.1 Å². The summed E-state index contributed by atoms with van der Waals surface area (Å²) in [6.45, 7) is 0. The van der Waals surface area contributed by atoms with Crippen molar-refractivity contribution in [1.29, 1.82) is 0 Å². The van der Waals surface area contributed by atoms with E-state index in [1.807, 2.05) is 12.1 Å². The molecular weight excluding hydrogens is 267 g/mol. The zero-order valence-electron chi connectivity index (χ0n) is 9.64. The summed E-state index contributed by atoms with van der Waals surface area (Å²) >= 11 is 6.05. The molecule has 0 fully saturated rings. The van der Waals surface area contributed by atoms with Gasteiger partial charge in [-0.3, -0.25) is 0 Å². The zero-order chi connectivity index (χ0) is 13.4. The number of para-hydroxylation sites is 2. The quantitative estimate of drug-likeness (QED) is 0.734. The van der Waals surface area contributed by atoms with Gasteiger partial charge >= 0.3 is 0 Å². The summed E-state index contributed by atoms with van der Waals surface area (Å²) in [4.78, 5) is 8.52. The van der Waals surface area contributed by atoms with Gasteiger partial charge in [0.05, 0.1) is 11.0 Å². The van der Waals surface area contributed by atoms with Crippen LogP contribution in [0.15, 0.2) is 42.5 Å². The van der Waals surface area contributed by atoms with Crippen molar-refractivity contribution in [2.45, 2.75) is 0 Å². The molecule has 0 saturated heterocycles. The molecule has 0 saturated carbocycles. The van der Waals surface area contributed by atoms with Crippen molar-refractivity contribution in [1.82, 2.24) is 9.97 Å². The lowest BCUT2D eigenvalue weighted by atomic mass is 10.1. The first-order valence-electron chi connectivity index (χ1n) is 5.56. The van der Waals surface area contributed by atoms with E-state index in [1.165, 1.54) is 18.2 Å². The van der Waals surface area contributed by atoms with Gasteiger partial charge < -0.3 is 5.11 Å². The maximum Gasteiger partial charge on any atom is 0.156 e. The molecule has 5 heteroatoms. The molecule has 0 bridgehead atoms. The van der Waals surface area contributed by atoms with Gasteiger partial charge in [0, 0.05) is 5.56 Å². The van der Waals surface area contributed by atoms with Gasteiger partial charge in [-0.05, 0) is 30.3 Å². The molecular formula is C14H8ClFN2O. The molecule has 3 nitrogen and oxygen atoms in total. The van der Waals surface area contributed by atoms with Crippen LogP contribution in [-0.2, 0) is 0 Å². The van der Waals surface area contributed by atoms with Crippen LogP contribution in [0.1, 0.15) is 0 Å². The first kappa shape index (κ1) is 11.9. The molecule has 0 aliphatic carbocycles. The first-order chi connectivity index (χ1) is 9.15. The molecule has 19 heavy (non-hydrogen) atoms. The number of hydrogen-bond acceptors (Lipinski definition) is 3. The summed E-state index contributed by atoms with van der Waals surface area (Å²) in [5.74, 6) is -0.563. The number of phenols is 1. The van der Waals surface area contributed by atoms with Gasteiger partial charge in [0.1, 0.15) is 17.3 Å². The predicted molar refractivity (Wildman–Crippen MR) is 71.6 cm³/mol. The highest BCUT2D eigenvalue weighted by molar-refractivity contribution is 6.32. The molecule has 0 spiro atoms. The number of nitrogens with zero attached hydrogens (tertiary/aromatic N) is 2. The fraction of sp³-hybridized carbons (Fsp3) is 0. The van der Waals surface area contributed by atoms with Crippen molar-refractivity contribution >= 4 is 22.6 Å². The Morgan fingerprint density at radius 3 is 2.42 bits per heavy atom. The Kier molecular flexibility index (Phi) is 2.80. The second kappa shape index (κ2) is 4.48. The van der Waals surface area contributed by atoms with E-state index in [4.69, 9.17) is 11.6 Å². The smallest absolute Gasteiger partial charge is 0.156 e. The highest BCUT2D eigenvalue weighted by atomic mass is 35.5. The summed E-state index contributed by atoms with van der Waals surface area (Å²) in [6, 6.07) is 10.8. The number of phenolic OH excluding ortho intramolecular Hbond substituents is 1. The van der Waals surface area contributed by atoms with Gasteiger partial charge in [-0.15, -0.1) is 0 Å². The molecule has 0 aliphatic heterocycles. The first-order valence-corrected chi connectivity index (χ1v) is 5.94. The van der Waals surface area contributed by atoms with E-state index in [0.29, 0.717) is 11.0 Å². The highest BCUT2D eigenvalue weighted by Crippen LogP contribution is 2.33. The number of halogens is 2. The molecule has 0 unspecified atom stereocenters. The molecule has 3 rings (SSSR count). The van der Waals surface area contributed by atoms with Gasteiger partial charge in [0.15, 0.2) is 5.15 Å². The van der Waals surface area contributed by atoms with Gasteiger partial charge in [0.2, 0.25) is 0 Å². The molecule has 1 N–H and O–H groups in total. The third-order valence-corrected chi connectivity index (χ3v) is 3.01. The van der Waals surface area contributed by atoms with Crippen LogP contribution in [0, 0.1) is 5.82 Å². The van der Waals surface area contributed by atoms with Crippen LogP contribution in [0.4, 0.5) is 4.39 Å². The van der Waals surface area contributed by atoms with Crippen LogP contribution in [0.2, 0.25) is 5.15 Å². The largest absolute Gasteiger partial charge is 0.507 e. The highest BCUT2D eigenvalue weighted by Gasteiger charge is 2.13. The van der Waals surface area contributed by atoms with E-state index < -0.39 is 5.82 Å². The van der Waals surface area contributed by atoms with Gasteiger partial charge in [-0.1, -0.05) is 23.7 Å². The van der Waals surface area contributed by atoms with E-state index in [2.05, 4.69) is 9.97 Å². The third kappa shape index (κ3) is 2.11. The van der Waals surface area contributed by atoms with E-state index >= 15 is 0 Å². The maximum atomic E-state index is 13.3.